The monoisotopic (exact) mass is 236 g/mol. The molecule has 2 rings (SSSR count). The molecule has 0 fully saturated rings. The highest BCUT2D eigenvalue weighted by Gasteiger charge is 2.38. The van der Waals surface area contributed by atoms with Gasteiger partial charge in [-0.25, -0.2) is 4.98 Å². The van der Waals surface area contributed by atoms with Gasteiger partial charge in [0, 0.05) is 12.1 Å². The predicted molar refractivity (Wildman–Crippen MR) is 45.4 cm³/mol. The van der Waals surface area contributed by atoms with Crippen molar-refractivity contribution in [3.05, 3.63) is 28.0 Å². The number of hydrogen-bond donors (Lipinski definition) is 1. The van der Waals surface area contributed by atoms with Gasteiger partial charge in [0.15, 0.2) is 0 Å². The summed E-state index contributed by atoms with van der Waals surface area (Å²) in [6.07, 6.45) is -4.52. The van der Waals surface area contributed by atoms with Crippen LogP contribution in [0.4, 0.5) is 13.2 Å². The van der Waals surface area contributed by atoms with Gasteiger partial charge < -0.3 is 5.32 Å². The number of carbonyl (C=O) groups is 1. The number of fused-ring (bicyclic) bond motifs is 1. The van der Waals surface area contributed by atoms with E-state index in [4.69, 9.17) is 11.6 Å². The molecule has 0 bridgehead atoms. The molecule has 0 spiro atoms. The Hall–Kier alpha value is -1.30. The molecule has 1 aromatic rings. The molecule has 1 N–H and O–H groups in total. The van der Waals surface area contributed by atoms with Crippen molar-refractivity contribution in [3.63, 3.8) is 0 Å². The number of nitrogens with zero attached hydrogens (tertiary/aromatic N) is 1. The topological polar surface area (TPSA) is 42.0 Å². The third-order valence-electron chi connectivity index (χ3n) is 2.04. The summed E-state index contributed by atoms with van der Waals surface area (Å²) in [7, 11) is 0. The first-order valence-corrected chi connectivity index (χ1v) is 4.32. The molecular formula is C8H4ClF3N2O. The van der Waals surface area contributed by atoms with Crippen LogP contribution in [0, 0.1) is 0 Å². The highest BCUT2D eigenvalue weighted by atomic mass is 35.5. The molecular weight excluding hydrogens is 233 g/mol. The zero-order valence-corrected chi connectivity index (χ0v) is 7.91. The number of carbonyl (C=O) groups excluding carboxylic acids is 1. The number of pyridine rings is 1. The lowest BCUT2D eigenvalue weighted by Crippen LogP contribution is -2.13. The standard InChI is InChI=1S/C8H4ClF3N2O/c9-5-1-4(8(10,11)12)3-2-13-7(15)6(3)14-5/h1H,2H2,(H,13,15). The van der Waals surface area contributed by atoms with Crippen LogP contribution in [0.2, 0.25) is 5.15 Å². The van der Waals surface area contributed by atoms with Crippen LogP contribution in [-0.2, 0) is 12.7 Å². The van der Waals surface area contributed by atoms with E-state index in [1.807, 2.05) is 0 Å². The van der Waals surface area contributed by atoms with E-state index in [2.05, 4.69) is 10.3 Å². The van der Waals surface area contributed by atoms with E-state index in [1.165, 1.54) is 0 Å². The molecule has 1 aliphatic heterocycles. The average Bonchev–Trinajstić information content (AvgIpc) is 2.45. The lowest BCUT2D eigenvalue weighted by Gasteiger charge is -2.10. The van der Waals surface area contributed by atoms with Crippen LogP contribution in [0.1, 0.15) is 21.6 Å². The molecule has 0 aromatic carbocycles. The number of nitrogens with one attached hydrogen (secondary N) is 1. The van der Waals surface area contributed by atoms with E-state index in [0.29, 0.717) is 0 Å². The Bertz CT molecular complexity index is 444. The lowest BCUT2D eigenvalue weighted by atomic mass is 10.1. The first-order chi connectivity index (χ1) is 6.89. The second-order valence-electron chi connectivity index (χ2n) is 3.00. The molecule has 0 radical (unpaired) electrons. The van der Waals surface area contributed by atoms with E-state index < -0.39 is 17.6 Å². The molecule has 0 atom stereocenters. The van der Waals surface area contributed by atoms with Crippen molar-refractivity contribution in [2.24, 2.45) is 0 Å². The summed E-state index contributed by atoms with van der Waals surface area (Å²) < 4.78 is 37.6. The SMILES string of the molecule is O=C1NCc2c(C(F)(F)F)cc(Cl)nc21. The second-order valence-corrected chi connectivity index (χ2v) is 3.39. The van der Waals surface area contributed by atoms with Gasteiger partial charge in [0.05, 0.1) is 5.56 Å². The number of alkyl halides is 3. The van der Waals surface area contributed by atoms with E-state index >= 15 is 0 Å². The minimum absolute atomic E-state index is 0.142. The van der Waals surface area contributed by atoms with E-state index in [0.717, 1.165) is 6.07 Å². The third-order valence-corrected chi connectivity index (χ3v) is 2.23. The molecule has 3 nitrogen and oxygen atoms in total. The summed E-state index contributed by atoms with van der Waals surface area (Å²) in [6, 6.07) is 0.723. The van der Waals surface area contributed by atoms with Gasteiger partial charge in [0.2, 0.25) is 0 Å². The van der Waals surface area contributed by atoms with Crippen molar-refractivity contribution >= 4 is 17.5 Å². The Labute approximate surface area is 87.3 Å². The van der Waals surface area contributed by atoms with E-state index in [-0.39, 0.29) is 23.0 Å². The largest absolute Gasteiger partial charge is 0.416 e. The molecule has 80 valence electrons. The molecule has 7 heteroatoms. The normalized spacial score (nSPS) is 15.1. The van der Waals surface area contributed by atoms with Crippen LogP contribution in [0.25, 0.3) is 0 Å². The number of hydrogen-bond acceptors (Lipinski definition) is 2. The van der Waals surface area contributed by atoms with Crippen molar-refractivity contribution in [3.8, 4) is 0 Å². The Balaban J connectivity index is 2.67. The first-order valence-electron chi connectivity index (χ1n) is 3.94. The van der Waals surface area contributed by atoms with Gasteiger partial charge in [0.25, 0.3) is 5.91 Å². The Morgan fingerprint density at radius 1 is 1.47 bits per heavy atom. The Morgan fingerprint density at radius 2 is 2.13 bits per heavy atom. The summed E-state index contributed by atoms with van der Waals surface area (Å²) in [5.41, 5.74) is -1.29. The van der Waals surface area contributed by atoms with Crippen LogP contribution in [0.3, 0.4) is 0 Å². The van der Waals surface area contributed by atoms with Crippen LogP contribution in [0.15, 0.2) is 6.07 Å². The third kappa shape index (κ3) is 1.65. The first kappa shape index (κ1) is 10.2. The van der Waals surface area contributed by atoms with Crippen molar-refractivity contribution in [2.75, 3.05) is 0 Å². The molecule has 0 unspecified atom stereocenters. The average molecular weight is 237 g/mol. The summed E-state index contributed by atoms with van der Waals surface area (Å²) in [4.78, 5) is 14.7. The maximum absolute atomic E-state index is 12.5. The highest BCUT2D eigenvalue weighted by Crippen LogP contribution is 2.35. The number of halogens is 4. The van der Waals surface area contributed by atoms with Crippen molar-refractivity contribution in [2.45, 2.75) is 12.7 Å². The van der Waals surface area contributed by atoms with Gasteiger partial charge in [-0.05, 0) is 6.07 Å². The van der Waals surface area contributed by atoms with Crippen LogP contribution < -0.4 is 5.32 Å². The summed E-state index contributed by atoms with van der Waals surface area (Å²) in [6.45, 7) is -0.160. The number of amides is 1. The second kappa shape index (κ2) is 3.10. The summed E-state index contributed by atoms with van der Waals surface area (Å²) in [5, 5.41) is 1.93. The van der Waals surface area contributed by atoms with Gasteiger partial charge in [-0.1, -0.05) is 11.6 Å². The molecule has 2 heterocycles. The van der Waals surface area contributed by atoms with Crippen LogP contribution >= 0.6 is 11.6 Å². The van der Waals surface area contributed by atoms with Crippen LogP contribution in [-0.4, -0.2) is 10.9 Å². The van der Waals surface area contributed by atoms with Gasteiger partial charge in [0.1, 0.15) is 10.8 Å². The maximum Gasteiger partial charge on any atom is 0.416 e. The molecule has 1 amide bonds. The predicted octanol–water partition coefficient (Wildman–Crippen LogP) is 2.00. The van der Waals surface area contributed by atoms with Crippen molar-refractivity contribution < 1.29 is 18.0 Å². The van der Waals surface area contributed by atoms with Gasteiger partial charge >= 0.3 is 6.18 Å². The van der Waals surface area contributed by atoms with Crippen molar-refractivity contribution in [1.82, 2.24) is 10.3 Å². The summed E-state index contributed by atoms with van der Waals surface area (Å²) in [5.74, 6) is -0.627. The zero-order valence-electron chi connectivity index (χ0n) is 7.15. The lowest BCUT2D eigenvalue weighted by molar-refractivity contribution is -0.138. The molecule has 1 aliphatic rings. The highest BCUT2D eigenvalue weighted by molar-refractivity contribution is 6.29. The summed E-state index contributed by atoms with van der Waals surface area (Å²) >= 11 is 5.41. The van der Waals surface area contributed by atoms with E-state index in [1.54, 1.807) is 0 Å². The smallest absolute Gasteiger partial charge is 0.347 e. The van der Waals surface area contributed by atoms with Gasteiger partial charge in [-0.15, -0.1) is 0 Å². The Morgan fingerprint density at radius 3 is 2.73 bits per heavy atom. The van der Waals surface area contributed by atoms with E-state index in [9.17, 15) is 18.0 Å². The quantitative estimate of drug-likeness (QED) is 0.700. The minimum Gasteiger partial charge on any atom is -0.347 e. The Kier molecular flexibility index (Phi) is 2.11. The molecule has 0 saturated heterocycles. The fourth-order valence-corrected chi connectivity index (χ4v) is 1.61. The fraction of sp³-hybridized carbons (Fsp3) is 0.250. The molecule has 0 aliphatic carbocycles. The van der Waals surface area contributed by atoms with Crippen LogP contribution in [0.5, 0.6) is 0 Å². The maximum atomic E-state index is 12.5. The molecule has 1 aromatic heterocycles. The molecule has 15 heavy (non-hydrogen) atoms. The number of aromatic nitrogens is 1. The number of rotatable bonds is 0. The molecule has 0 saturated carbocycles. The van der Waals surface area contributed by atoms with Gasteiger partial charge in [-0.2, -0.15) is 13.2 Å². The van der Waals surface area contributed by atoms with Gasteiger partial charge in [-0.3, -0.25) is 4.79 Å². The fourth-order valence-electron chi connectivity index (χ4n) is 1.41. The zero-order chi connectivity index (χ0) is 11.2. The minimum atomic E-state index is -4.52. The van der Waals surface area contributed by atoms with Crippen molar-refractivity contribution in [1.29, 1.82) is 0 Å².